The summed E-state index contributed by atoms with van der Waals surface area (Å²) in [6.45, 7) is 2.86. The maximum atomic E-state index is 13.5. The highest BCUT2D eigenvalue weighted by molar-refractivity contribution is 6.39. The first-order chi connectivity index (χ1) is 19.0. The molecule has 0 bridgehead atoms. The van der Waals surface area contributed by atoms with Crippen LogP contribution in [0.4, 0.5) is 0 Å². The molecule has 5 aromatic rings. The summed E-state index contributed by atoms with van der Waals surface area (Å²) in [6, 6.07) is 2.45. The molecule has 0 aromatic heterocycles. The van der Waals surface area contributed by atoms with Gasteiger partial charge < -0.3 is 34.3 Å². The van der Waals surface area contributed by atoms with E-state index >= 15 is 0 Å². The number of fused-ring (bicyclic) bond motifs is 1. The van der Waals surface area contributed by atoms with Gasteiger partial charge in [-0.25, -0.2) is 0 Å². The molecule has 5 aromatic carbocycles. The molecule has 0 spiro atoms. The minimum absolute atomic E-state index is 0.0675. The predicted octanol–water partition coefficient (Wildman–Crippen LogP) is 3.49. The number of aliphatic hydroxyl groups excluding tert-OH is 1. The number of Topliss-reactive ketones (excluding diaryl/α,β-unsaturated/α-hetero) is 1. The Morgan fingerprint density at radius 3 is 1.50 bits per heavy atom. The van der Waals surface area contributed by atoms with Crippen molar-refractivity contribution in [2.75, 3.05) is 28.4 Å². The summed E-state index contributed by atoms with van der Waals surface area (Å²) in [5.41, 5.74) is -0.568. The number of phenolic OH excluding ortho intramolecular Hbond substituents is 2. The Labute approximate surface area is 226 Å². The van der Waals surface area contributed by atoms with Crippen molar-refractivity contribution in [2.45, 2.75) is 31.8 Å². The van der Waals surface area contributed by atoms with Crippen LogP contribution in [0.3, 0.4) is 0 Å². The standard InChI is InChI=1S/C30H26O10/c1-9(31)15-16(10(2)32)26-24-22-18(28(36)30(26)40-6)12(34)8-14(38-4)20(22)19-13(37-3)7-11(33)17-21(19)23(24)25(15)29(39-5)27(17)35/h7-9,15-16,31,35-36H,1-6H3/t9?,15-,16-/m0/s1. The minimum atomic E-state index is -1.16. The van der Waals surface area contributed by atoms with Gasteiger partial charge in [-0.2, -0.15) is 0 Å². The third kappa shape index (κ3) is 2.83. The molecule has 0 saturated carbocycles. The van der Waals surface area contributed by atoms with Crippen LogP contribution in [0.1, 0.15) is 36.8 Å². The molecule has 1 aliphatic rings. The van der Waals surface area contributed by atoms with E-state index in [0.717, 1.165) is 0 Å². The van der Waals surface area contributed by atoms with Crippen LogP contribution < -0.4 is 29.8 Å². The molecule has 6 rings (SSSR count). The van der Waals surface area contributed by atoms with Crippen LogP contribution in [0.2, 0.25) is 0 Å². The summed E-state index contributed by atoms with van der Waals surface area (Å²) in [7, 11) is 5.40. The van der Waals surface area contributed by atoms with Crippen LogP contribution in [-0.2, 0) is 4.79 Å². The first-order valence-electron chi connectivity index (χ1n) is 12.5. The zero-order valence-corrected chi connectivity index (χ0v) is 22.6. The number of benzene rings is 5. The van der Waals surface area contributed by atoms with E-state index in [9.17, 15) is 29.7 Å². The number of ether oxygens (including phenoxy) is 4. The van der Waals surface area contributed by atoms with Crippen LogP contribution in [0.25, 0.3) is 43.1 Å². The number of hydrogen-bond acceptors (Lipinski definition) is 10. The summed E-state index contributed by atoms with van der Waals surface area (Å²) in [6.07, 6.45) is -1.16. The zero-order chi connectivity index (χ0) is 28.9. The molecular formula is C30H26O10. The molecule has 0 radical (unpaired) electrons. The highest BCUT2D eigenvalue weighted by Crippen LogP contribution is 2.62. The Morgan fingerprint density at radius 1 is 0.700 bits per heavy atom. The van der Waals surface area contributed by atoms with Crippen molar-refractivity contribution in [1.29, 1.82) is 0 Å². The Kier molecular flexibility index (Phi) is 5.44. The van der Waals surface area contributed by atoms with Crippen molar-refractivity contribution < 1.29 is 39.1 Å². The van der Waals surface area contributed by atoms with Gasteiger partial charge >= 0.3 is 0 Å². The maximum absolute atomic E-state index is 13.5. The quantitative estimate of drug-likeness (QED) is 0.213. The molecule has 1 aliphatic carbocycles. The zero-order valence-electron chi connectivity index (χ0n) is 22.6. The van der Waals surface area contributed by atoms with Gasteiger partial charge in [0.2, 0.25) is 0 Å². The molecule has 206 valence electrons. The first kappa shape index (κ1) is 25.7. The molecule has 3 atom stereocenters. The van der Waals surface area contributed by atoms with E-state index in [-0.39, 0.29) is 55.9 Å². The van der Waals surface area contributed by atoms with Gasteiger partial charge in [0.05, 0.1) is 51.2 Å². The highest BCUT2D eigenvalue weighted by atomic mass is 16.5. The Balaban J connectivity index is 2.19. The van der Waals surface area contributed by atoms with Crippen molar-refractivity contribution in [2.24, 2.45) is 0 Å². The largest absolute Gasteiger partial charge is 0.504 e. The average Bonchev–Trinajstić information content (AvgIpc) is 2.91. The third-order valence-corrected chi connectivity index (χ3v) is 8.25. The summed E-state index contributed by atoms with van der Waals surface area (Å²) in [5, 5.41) is 36.0. The molecular weight excluding hydrogens is 520 g/mol. The van der Waals surface area contributed by atoms with Crippen LogP contribution in [-0.4, -0.2) is 55.6 Å². The number of methoxy groups -OCH3 is 4. The molecule has 1 unspecified atom stereocenters. The van der Waals surface area contributed by atoms with Gasteiger partial charge in [0.1, 0.15) is 17.3 Å². The number of ketones is 1. The van der Waals surface area contributed by atoms with Crippen LogP contribution in [0.5, 0.6) is 34.5 Å². The molecule has 10 heteroatoms. The number of carbonyl (C=O) groups excluding carboxylic acids is 1. The Morgan fingerprint density at radius 2 is 1.12 bits per heavy atom. The number of aromatic hydroxyl groups is 2. The lowest BCUT2D eigenvalue weighted by Gasteiger charge is -2.37. The summed E-state index contributed by atoms with van der Waals surface area (Å²) in [5.74, 6) is -3.22. The summed E-state index contributed by atoms with van der Waals surface area (Å²) < 4.78 is 22.6. The number of aliphatic hydroxyl groups is 1. The average molecular weight is 547 g/mol. The lowest BCUT2D eigenvalue weighted by atomic mass is 9.67. The van der Waals surface area contributed by atoms with Crippen molar-refractivity contribution >= 4 is 48.9 Å². The molecule has 10 nitrogen and oxygen atoms in total. The molecule has 0 saturated heterocycles. The molecule has 0 heterocycles. The van der Waals surface area contributed by atoms with Crippen molar-refractivity contribution in [3.05, 3.63) is 43.7 Å². The van der Waals surface area contributed by atoms with Gasteiger partial charge in [0.25, 0.3) is 0 Å². The third-order valence-electron chi connectivity index (χ3n) is 8.25. The SMILES string of the molecule is COc1c(O)c2c(=O)cc(OC)c3c4c(OC)cc(=O)c5c(O)c(OC)c6c(c(c1[C@@H](C(C)=O)[C@@H]6C(C)O)c23)c54. The number of phenols is 2. The van der Waals surface area contributed by atoms with E-state index < -0.39 is 40.3 Å². The lowest BCUT2D eigenvalue weighted by molar-refractivity contribution is -0.119. The van der Waals surface area contributed by atoms with Gasteiger partial charge in [-0.05, 0) is 24.6 Å². The van der Waals surface area contributed by atoms with Gasteiger partial charge in [0, 0.05) is 50.7 Å². The lowest BCUT2D eigenvalue weighted by Crippen LogP contribution is -2.30. The minimum Gasteiger partial charge on any atom is -0.504 e. The fraction of sp³-hybridized carbons (Fsp3) is 0.300. The highest BCUT2D eigenvalue weighted by Gasteiger charge is 2.46. The van der Waals surface area contributed by atoms with Crippen LogP contribution in [0.15, 0.2) is 21.7 Å². The number of hydrogen-bond donors (Lipinski definition) is 3. The summed E-state index contributed by atoms with van der Waals surface area (Å²) in [4.78, 5) is 40.4. The fourth-order valence-electron chi connectivity index (χ4n) is 6.91. The van der Waals surface area contributed by atoms with E-state index in [0.29, 0.717) is 27.1 Å². The Bertz CT molecular complexity index is 2030. The number of rotatable bonds is 6. The van der Waals surface area contributed by atoms with Crippen molar-refractivity contribution in [1.82, 2.24) is 0 Å². The summed E-state index contributed by atoms with van der Waals surface area (Å²) >= 11 is 0. The second-order valence-corrected chi connectivity index (χ2v) is 10.1. The smallest absolute Gasteiger partial charge is 0.194 e. The predicted molar refractivity (Wildman–Crippen MR) is 149 cm³/mol. The van der Waals surface area contributed by atoms with Crippen molar-refractivity contribution in [3.8, 4) is 34.5 Å². The Hall–Kier alpha value is -4.57. The van der Waals surface area contributed by atoms with Crippen LogP contribution >= 0.6 is 0 Å². The van der Waals surface area contributed by atoms with Gasteiger partial charge in [-0.3, -0.25) is 14.4 Å². The van der Waals surface area contributed by atoms with Gasteiger partial charge in [-0.1, -0.05) is 0 Å². The molecule has 0 aliphatic heterocycles. The van der Waals surface area contributed by atoms with E-state index in [1.54, 1.807) is 0 Å². The first-order valence-corrected chi connectivity index (χ1v) is 12.5. The van der Waals surface area contributed by atoms with Gasteiger partial charge in [0.15, 0.2) is 33.9 Å². The normalized spacial score (nSPS) is 17.3. The van der Waals surface area contributed by atoms with E-state index in [1.165, 1.54) is 54.4 Å². The molecule has 0 amide bonds. The van der Waals surface area contributed by atoms with E-state index in [2.05, 4.69) is 0 Å². The molecule has 0 fully saturated rings. The monoisotopic (exact) mass is 546 g/mol. The maximum Gasteiger partial charge on any atom is 0.194 e. The van der Waals surface area contributed by atoms with E-state index in [1.807, 2.05) is 0 Å². The topological polar surface area (TPSA) is 149 Å². The van der Waals surface area contributed by atoms with E-state index in [4.69, 9.17) is 18.9 Å². The fourth-order valence-corrected chi connectivity index (χ4v) is 6.91. The second kappa shape index (κ2) is 8.46. The van der Waals surface area contributed by atoms with Crippen molar-refractivity contribution in [3.63, 3.8) is 0 Å². The molecule has 40 heavy (non-hydrogen) atoms. The second-order valence-electron chi connectivity index (χ2n) is 10.1. The molecule has 3 N–H and O–H groups in total. The van der Waals surface area contributed by atoms with Crippen LogP contribution in [0, 0.1) is 0 Å². The van der Waals surface area contributed by atoms with Gasteiger partial charge in [-0.15, -0.1) is 0 Å². The number of carbonyl (C=O) groups is 1.